The fourth-order valence-electron chi connectivity index (χ4n) is 3.57. The monoisotopic (exact) mass is 431 g/mol. The van der Waals surface area contributed by atoms with Crippen molar-refractivity contribution in [3.63, 3.8) is 0 Å². The minimum atomic E-state index is -1.59. The fraction of sp³-hybridized carbons (Fsp3) is 0.368. The van der Waals surface area contributed by atoms with Crippen molar-refractivity contribution >= 4 is 16.8 Å². The number of hydrogen-bond acceptors (Lipinski definition) is 0. The molecule has 0 N–H and O–H groups in total. The van der Waals surface area contributed by atoms with Gasteiger partial charge in [-0.25, -0.2) is 0 Å². The zero-order chi connectivity index (χ0) is 14.3. The molecule has 1 aliphatic rings. The Morgan fingerprint density at radius 1 is 1.05 bits per heavy atom. The van der Waals surface area contributed by atoms with Crippen molar-refractivity contribution in [1.82, 2.24) is 0 Å². The summed E-state index contributed by atoms with van der Waals surface area (Å²) in [5.74, 6) is 0.761. The summed E-state index contributed by atoms with van der Waals surface area (Å²) in [6, 6.07) is 13.6. The molecule has 0 saturated carbocycles. The summed E-state index contributed by atoms with van der Waals surface area (Å²) in [4.78, 5) is 0. The molecule has 1 atom stereocenters. The second kappa shape index (κ2) is 5.26. The summed E-state index contributed by atoms with van der Waals surface area (Å²) in [6.45, 7) is 4.73. The van der Waals surface area contributed by atoms with Gasteiger partial charge in [0.2, 0.25) is 0 Å². The third kappa shape index (κ3) is 2.24. The van der Waals surface area contributed by atoms with Gasteiger partial charge in [-0.1, -0.05) is 0 Å². The van der Waals surface area contributed by atoms with Crippen LogP contribution in [0.5, 0.6) is 0 Å². The van der Waals surface area contributed by atoms with Crippen LogP contribution in [0.15, 0.2) is 42.5 Å². The Balaban J connectivity index is 2.20. The molecule has 3 rings (SSSR count). The number of fused-ring (bicyclic) bond motifs is 2. The molecule has 0 bridgehead atoms. The molecular formula is C19H23Hf. The van der Waals surface area contributed by atoms with Gasteiger partial charge in [-0.3, -0.25) is 0 Å². The van der Waals surface area contributed by atoms with E-state index in [1.54, 1.807) is 5.56 Å². The maximum atomic E-state index is 2.57. The van der Waals surface area contributed by atoms with E-state index in [0.717, 1.165) is 5.92 Å². The van der Waals surface area contributed by atoms with E-state index in [1.165, 1.54) is 22.8 Å². The minimum absolute atomic E-state index is 0.429. The van der Waals surface area contributed by atoms with E-state index < -0.39 is 21.4 Å². The van der Waals surface area contributed by atoms with Crippen molar-refractivity contribution in [3.8, 4) is 0 Å². The number of hydrogen-bond donors (Lipinski definition) is 0. The zero-order valence-corrected chi connectivity index (χ0v) is 16.5. The van der Waals surface area contributed by atoms with Gasteiger partial charge in [0, 0.05) is 0 Å². The van der Waals surface area contributed by atoms with Gasteiger partial charge in [0.1, 0.15) is 0 Å². The molecule has 1 aliphatic carbocycles. The summed E-state index contributed by atoms with van der Waals surface area (Å²) in [5.41, 5.74) is 3.09. The van der Waals surface area contributed by atoms with E-state index in [2.05, 4.69) is 71.8 Å². The molecule has 1 heteroatoms. The van der Waals surface area contributed by atoms with Crippen LogP contribution in [-0.4, -0.2) is 0 Å². The quantitative estimate of drug-likeness (QED) is 0.539. The molecule has 0 aromatic heterocycles. The van der Waals surface area contributed by atoms with Crippen molar-refractivity contribution in [1.29, 1.82) is 0 Å². The van der Waals surface area contributed by atoms with Crippen LogP contribution in [0.2, 0.25) is 9.36 Å². The Morgan fingerprint density at radius 3 is 2.30 bits per heavy atom. The first-order valence-electron chi connectivity index (χ1n) is 7.56. The first-order chi connectivity index (χ1) is 9.53. The van der Waals surface area contributed by atoms with Crippen LogP contribution in [0.3, 0.4) is 0 Å². The first kappa shape index (κ1) is 14.3. The van der Waals surface area contributed by atoms with Crippen LogP contribution in [0, 0.1) is 5.92 Å². The van der Waals surface area contributed by atoms with Crippen LogP contribution in [0.25, 0.3) is 16.8 Å². The molecule has 0 radical (unpaired) electrons. The third-order valence-electron chi connectivity index (χ3n) is 4.57. The molecule has 0 amide bonds. The Morgan fingerprint density at radius 2 is 1.70 bits per heavy atom. The molecule has 20 heavy (non-hydrogen) atoms. The first-order valence-corrected chi connectivity index (χ1v) is 16.5. The van der Waals surface area contributed by atoms with E-state index >= 15 is 0 Å². The molecule has 2 aromatic carbocycles. The van der Waals surface area contributed by atoms with Crippen molar-refractivity contribution in [2.45, 2.75) is 32.8 Å². The van der Waals surface area contributed by atoms with Crippen molar-refractivity contribution < 1.29 is 21.4 Å². The summed E-state index contributed by atoms with van der Waals surface area (Å²) >= 11 is -1.59. The Labute approximate surface area is 130 Å². The second-order valence-electron chi connectivity index (χ2n) is 6.69. The van der Waals surface area contributed by atoms with Crippen molar-refractivity contribution in [3.05, 3.63) is 53.6 Å². The predicted molar refractivity (Wildman–Crippen MR) is 85.8 cm³/mol. The molecule has 2 aromatic rings. The van der Waals surface area contributed by atoms with Gasteiger partial charge in [-0.05, 0) is 0 Å². The Kier molecular flexibility index (Phi) is 3.75. The van der Waals surface area contributed by atoms with Crippen LogP contribution in [-0.2, 0) is 24.6 Å². The molecule has 0 nitrogen and oxygen atoms in total. The molecule has 0 saturated heterocycles. The van der Waals surface area contributed by atoms with Crippen molar-refractivity contribution in [2.24, 2.45) is 5.92 Å². The molecule has 1 unspecified atom stereocenters. The van der Waals surface area contributed by atoms with E-state index in [9.17, 15) is 0 Å². The van der Waals surface area contributed by atoms with Crippen LogP contribution in [0.1, 0.15) is 31.4 Å². The average molecular weight is 430 g/mol. The van der Waals surface area contributed by atoms with Gasteiger partial charge in [-0.15, -0.1) is 0 Å². The van der Waals surface area contributed by atoms with Gasteiger partial charge in [0.05, 0.1) is 0 Å². The third-order valence-corrected chi connectivity index (χ3v) is 13.3. The van der Waals surface area contributed by atoms with Gasteiger partial charge in [0.15, 0.2) is 0 Å². The van der Waals surface area contributed by atoms with Crippen LogP contribution in [0.4, 0.5) is 0 Å². The van der Waals surface area contributed by atoms with Gasteiger partial charge >= 0.3 is 131 Å². The van der Waals surface area contributed by atoms with E-state index in [-0.39, 0.29) is 0 Å². The van der Waals surface area contributed by atoms with Crippen LogP contribution < -0.4 is 0 Å². The van der Waals surface area contributed by atoms with Crippen molar-refractivity contribution in [2.75, 3.05) is 0 Å². The standard InChI is InChI=1S/C17H17.2CH3.Hf/c1-12(2)9-15-7-8-16-10-13-5-3-4-6-14(13)11-17(15)16;;;/h3-8,10-12H,9H2,1-2H3;2*1H3;. The molecule has 0 heterocycles. The summed E-state index contributed by atoms with van der Waals surface area (Å²) < 4.78 is 5.57. The summed E-state index contributed by atoms with van der Waals surface area (Å²) in [6.07, 6.45) is 6.27. The van der Waals surface area contributed by atoms with E-state index in [1.807, 2.05) is 0 Å². The van der Waals surface area contributed by atoms with Gasteiger partial charge in [0.25, 0.3) is 0 Å². The topological polar surface area (TPSA) is 0 Å². The molecular weight excluding hydrogens is 407 g/mol. The summed E-state index contributed by atoms with van der Waals surface area (Å²) in [5, 5.41) is 2.77. The zero-order valence-electron chi connectivity index (χ0n) is 12.9. The summed E-state index contributed by atoms with van der Waals surface area (Å²) in [7, 11) is 0. The number of rotatable bonds is 3. The van der Waals surface area contributed by atoms with Gasteiger partial charge in [-0.2, -0.15) is 0 Å². The van der Waals surface area contributed by atoms with E-state index in [4.69, 9.17) is 0 Å². The normalized spacial score (nSPS) is 20.6. The Hall–Kier alpha value is -0.690. The molecule has 103 valence electrons. The molecule has 0 fully saturated rings. The fourth-order valence-corrected chi connectivity index (χ4v) is 10.7. The Bertz CT molecular complexity index is 667. The van der Waals surface area contributed by atoms with E-state index in [0.29, 0.717) is 3.17 Å². The molecule has 0 spiro atoms. The number of allylic oxidation sites excluding steroid dienone is 1. The number of benzene rings is 2. The van der Waals surface area contributed by atoms with Crippen LogP contribution >= 0.6 is 0 Å². The maximum absolute atomic E-state index is 2.57. The predicted octanol–water partition coefficient (Wildman–Crippen LogP) is 5.82. The van der Waals surface area contributed by atoms with Gasteiger partial charge < -0.3 is 0 Å². The second-order valence-corrected chi connectivity index (χ2v) is 17.1. The average Bonchev–Trinajstić information content (AvgIpc) is 2.75. The SMILES string of the molecule is CC(C)C[C]1([Hf]([CH3])[CH3])C=Cc2cc3ccccc3cc21. The molecule has 0 aliphatic heterocycles.